The molecule has 0 atom stereocenters. The lowest BCUT2D eigenvalue weighted by Crippen LogP contribution is -2.19. The molecule has 0 fully saturated rings. The van der Waals surface area contributed by atoms with Crippen molar-refractivity contribution in [3.63, 3.8) is 0 Å². The van der Waals surface area contributed by atoms with Crippen LogP contribution in [0.2, 0.25) is 5.02 Å². The lowest BCUT2D eigenvalue weighted by molar-refractivity contribution is -0.274. The number of ether oxygens (including phenoxy) is 2. The SMILES string of the molecule is Cc1nc(COc2ccc(Cl)cc2)sc1C(=O)Nc1ccccc1OC(F)(F)F. The van der Waals surface area contributed by atoms with Gasteiger partial charge in [-0.05, 0) is 43.3 Å². The molecule has 1 heterocycles. The summed E-state index contributed by atoms with van der Waals surface area (Å²) in [5.41, 5.74) is 0.345. The minimum Gasteiger partial charge on any atom is -0.486 e. The molecule has 3 rings (SSSR count). The van der Waals surface area contributed by atoms with E-state index >= 15 is 0 Å². The Bertz CT molecular complexity index is 1010. The van der Waals surface area contributed by atoms with Crippen LogP contribution in [-0.4, -0.2) is 17.3 Å². The zero-order valence-electron chi connectivity index (χ0n) is 14.9. The molecule has 1 aromatic heterocycles. The van der Waals surface area contributed by atoms with Crippen molar-refractivity contribution in [2.24, 2.45) is 0 Å². The van der Waals surface area contributed by atoms with E-state index in [0.29, 0.717) is 21.5 Å². The summed E-state index contributed by atoms with van der Waals surface area (Å²) in [6, 6.07) is 12.1. The summed E-state index contributed by atoms with van der Waals surface area (Å²) in [5.74, 6) is -0.496. The molecule has 10 heteroatoms. The van der Waals surface area contributed by atoms with Crippen molar-refractivity contribution in [1.29, 1.82) is 0 Å². The maximum Gasteiger partial charge on any atom is 0.573 e. The summed E-state index contributed by atoms with van der Waals surface area (Å²) in [6.07, 6.45) is -4.87. The van der Waals surface area contributed by atoms with E-state index in [-0.39, 0.29) is 17.2 Å². The Morgan fingerprint density at radius 3 is 2.55 bits per heavy atom. The number of alkyl halides is 3. The number of hydrogen-bond acceptors (Lipinski definition) is 5. The van der Waals surface area contributed by atoms with Gasteiger partial charge in [-0.1, -0.05) is 23.7 Å². The van der Waals surface area contributed by atoms with Crippen molar-refractivity contribution in [2.45, 2.75) is 19.9 Å². The summed E-state index contributed by atoms with van der Waals surface area (Å²) in [5, 5.41) is 3.56. The average molecular weight is 443 g/mol. The Morgan fingerprint density at radius 1 is 1.17 bits per heavy atom. The fraction of sp³-hybridized carbons (Fsp3) is 0.158. The third-order valence-corrected chi connectivity index (χ3v) is 4.97. The first-order valence-electron chi connectivity index (χ1n) is 8.22. The number of hydrogen-bond donors (Lipinski definition) is 1. The van der Waals surface area contributed by atoms with Crippen LogP contribution in [0.25, 0.3) is 0 Å². The lowest BCUT2D eigenvalue weighted by Gasteiger charge is -2.13. The Morgan fingerprint density at radius 2 is 1.86 bits per heavy atom. The van der Waals surface area contributed by atoms with Gasteiger partial charge in [0, 0.05) is 5.02 Å². The Balaban J connectivity index is 1.70. The van der Waals surface area contributed by atoms with Gasteiger partial charge in [-0.15, -0.1) is 24.5 Å². The molecule has 1 N–H and O–H groups in total. The van der Waals surface area contributed by atoms with Gasteiger partial charge in [0.1, 0.15) is 22.2 Å². The molecule has 29 heavy (non-hydrogen) atoms. The molecule has 0 unspecified atom stereocenters. The van der Waals surface area contributed by atoms with E-state index in [2.05, 4.69) is 15.0 Å². The number of aryl methyl sites for hydroxylation is 1. The predicted octanol–water partition coefficient (Wildman–Crippen LogP) is 5.83. The summed E-state index contributed by atoms with van der Waals surface area (Å²) in [4.78, 5) is 17.1. The highest BCUT2D eigenvalue weighted by Gasteiger charge is 2.32. The van der Waals surface area contributed by atoms with Gasteiger partial charge in [0.25, 0.3) is 5.91 Å². The highest BCUT2D eigenvalue weighted by atomic mass is 35.5. The van der Waals surface area contributed by atoms with Crippen molar-refractivity contribution in [1.82, 2.24) is 4.98 Å². The fourth-order valence-electron chi connectivity index (χ4n) is 2.36. The van der Waals surface area contributed by atoms with E-state index in [9.17, 15) is 18.0 Å². The van der Waals surface area contributed by atoms with Gasteiger partial charge in [-0.25, -0.2) is 4.98 Å². The molecule has 0 saturated heterocycles. The van der Waals surface area contributed by atoms with Gasteiger partial charge < -0.3 is 14.8 Å². The minimum absolute atomic E-state index is 0.0958. The first kappa shape index (κ1) is 20.9. The number of aromatic nitrogens is 1. The monoisotopic (exact) mass is 442 g/mol. The molecule has 0 saturated carbocycles. The van der Waals surface area contributed by atoms with Crippen LogP contribution in [0.4, 0.5) is 18.9 Å². The van der Waals surface area contributed by atoms with Gasteiger partial charge >= 0.3 is 6.36 Å². The maximum absolute atomic E-state index is 12.5. The van der Waals surface area contributed by atoms with Crippen LogP contribution in [0.5, 0.6) is 11.5 Å². The normalized spacial score (nSPS) is 11.2. The van der Waals surface area contributed by atoms with Crippen molar-refractivity contribution in [3.05, 3.63) is 69.1 Å². The third kappa shape index (κ3) is 5.85. The number of thiazole rings is 1. The van der Waals surface area contributed by atoms with E-state index in [4.69, 9.17) is 16.3 Å². The zero-order valence-corrected chi connectivity index (χ0v) is 16.5. The maximum atomic E-state index is 12.5. The summed E-state index contributed by atoms with van der Waals surface area (Å²) in [6.45, 7) is 1.77. The van der Waals surface area contributed by atoms with E-state index in [0.717, 1.165) is 17.4 Å². The molecule has 0 bridgehead atoms. The molecular weight excluding hydrogens is 429 g/mol. The fourth-order valence-corrected chi connectivity index (χ4v) is 3.36. The molecule has 1 amide bonds. The number of benzene rings is 2. The van der Waals surface area contributed by atoms with E-state index in [1.807, 2.05) is 0 Å². The number of nitrogens with one attached hydrogen (secondary N) is 1. The zero-order chi connectivity index (χ0) is 21.0. The predicted molar refractivity (Wildman–Crippen MR) is 104 cm³/mol. The van der Waals surface area contributed by atoms with Gasteiger partial charge in [0.05, 0.1) is 11.4 Å². The second-order valence-electron chi connectivity index (χ2n) is 5.76. The van der Waals surface area contributed by atoms with Crippen molar-refractivity contribution >= 4 is 34.5 Å². The Hall–Kier alpha value is -2.78. The smallest absolute Gasteiger partial charge is 0.486 e. The molecular formula is C19H14ClF3N2O3S. The highest BCUT2D eigenvalue weighted by Crippen LogP contribution is 2.31. The Kier molecular flexibility index (Phi) is 6.29. The molecule has 3 aromatic rings. The quantitative estimate of drug-likeness (QED) is 0.521. The van der Waals surface area contributed by atoms with Crippen LogP contribution in [0, 0.1) is 6.92 Å². The number of halogens is 4. The number of para-hydroxylation sites is 2. The second kappa shape index (κ2) is 8.71. The van der Waals surface area contributed by atoms with E-state index < -0.39 is 18.0 Å². The van der Waals surface area contributed by atoms with Crippen molar-refractivity contribution in [2.75, 3.05) is 5.32 Å². The van der Waals surface area contributed by atoms with Crippen LogP contribution >= 0.6 is 22.9 Å². The largest absolute Gasteiger partial charge is 0.573 e. The minimum atomic E-state index is -4.87. The molecule has 152 valence electrons. The van der Waals surface area contributed by atoms with Gasteiger partial charge in [-0.2, -0.15) is 0 Å². The summed E-state index contributed by atoms with van der Waals surface area (Å²) >= 11 is 6.91. The molecule has 0 radical (unpaired) electrons. The van der Waals surface area contributed by atoms with E-state index in [1.54, 1.807) is 31.2 Å². The highest BCUT2D eigenvalue weighted by molar-refractivity contribution is 7.13. The molecule has 0 aliphatic carbocycles. The molecule has 0 aliphatic rings. The number of carbonyl (C=O) groups excluding carboxylic acids is 1. The lowest BCUT2D eigenvalue weighted by atomic mass is 10.3. The summed E-state index contributed by atoms with van der Waals surface area (Å²) in [7, 11) is 0. The number of rotatable bonds is 6. The van der Waals surface area contributed by atoms with Gasteiger partial charge in [-0.3, -0.25) is 4.79 Å². The van der Waals surface area contributed by atoms with Crippen LogP contribution in [0.1, 0.15) is 20.4 Å². The molecule has 2 aromatic carbocycles. The summed E-state index contributed by atoms with van der Waals surface area (Å²) < 4.78 is 47.1. The first-order chi connectivity index (χ1) is 13.7. The third-order valence-electron chi connectivity index (χ3n) is 3.58. The number of anilines is 1. The van der Waals surface area contributed by atoms with Crippen LogP contribution in [-0.2, 0) is 6.61 Å². The van der Waals surface area contributed by atoms with Crippen LogP contribution < -0.4 is 14.8 Å². The van der Waals surface area contributed by atoms with Gasteiger partial charge in [0.2, 0.25) is 0 Å². The van der Waals surface area contributed by atoms with Crippen LogP contribution in [0.3, 0.4) is 0 Å². The molecule has 0 spiro atoms. The molecule has 5 nitrogen and oxygen atoms in total. The standard InChI is InChI=1S/C19H14ClF3N2O3S/c1-11-17(29-16(24-11)10-27-13-8-6-12(20)7-9-13)18(26)25-14-4-2-3-5-15(14)28-19(21,22)23/h2-9H,10H2,1H3,(H,25,26). The number of carbonyl (C=O) groups is 1. The molecule has 0 aliphatic heterocycles. The number of nitrogens with zero attached hydrogens (tertiary/aromatic N) is 1. The van der Waals surface area contributed by atoms with Crippen LogP contribution in [0.15, 0.2) is 48.5 Å². The Labute approximate surface area is 173 Å². The van der Waals surface area contributed by atoms with Crippen molar-refractivity contribution in [3.8, 4) is 11.5 Å². The number of amides is 1. The average Bonchev–Trinajstić information content (AvgIpc) is 3.02. The van der Waals surface area contributed by atoms with E-state index in [1.165, 1.54) is 18.2 Å². The van der Waals surface area contributed by atoms with Gasteiger partial charge in [0.15, 0.2) is 5.75 Å². The topological polar surface area (TPSA) is 60.5 Å². The second-order valence-corrected chi connectivity index (χ2v) is 7.28. The van der Waals surface area contributed by atoms with Crippen molar-refractivity contribution < 1.29 is 27.4 Å². The first-order valence-corrected chi connectivity index (χ1v) is 9.41.